The third-order valence-corrected chi connectivity index (χ3v) is 2.76. The summed E-state index contributed by atoms with van der Waals surface area (Å²) in [6, 6.07) is 0. The van der Waals surface area contributed by atoms with Crippen LogP contribution in [-0.2, 0) is 4.79 Å². The van der Waals surface area contributed by atoms with Crippen LogP contribution in [0, 0.1) is 0 Å². The third-order valence-electron chi connectivity index (χ3n) is 1.52. The second-order valence-corrected chi connectivity index (χ2v) is 4.53. The number of allylic oxidation sites excluding steroid dienone is 1. The van der Waals surface area contributed by atoms with Crippen molar-refractivity contribution in [1.82, 2.24) is 4.31 Å². The van der Waals surface area contributed by atoms with Crippen LogP contribution in [0.4, 0.5) is 0 Å². The van der Waals surface area contributed by atoms with Gasteiger partial charge >= 0.3 is 0 Å². The molecule has 0 atom stereocenters. The van der Waals surface area contributed by atoms with Crippen molar-refractivity contribution in [3.63, 3.8) is 0 Å². The molecule has 0 aliphatic carbocycles. The Hall–Kier alpha value is -0.700. The summed E-state index contributed by atoms with van der Waals surface area (Å²) in [5.74, 6) is 0.00340. The van der Waals surface area contributed by atoms with Gasteiger partial charge in [0.25, 0.3) is 0 Å². The number of ketones is 1. The van der Waals surface area contributed by atoms with E-state index in [4.69, 9.17) is 0 Å². The first-order valence-corrected chi connectivity index (χ1v) is 4.63. The monoisotopic (exact) mass is 183 g/mol. The van der Waals surface area contributed by atoms with Gasteiger partial charge in [0.1, 0.15) is 0 Å². The van der Waals surface area contributed by atoms with Gasteiger partial charge in [-0.25, -0.2) is 0 Å². The number of hydrogen-bond acceptors (Lipinski definition) is 3. The molecule has 3 heteroatoms. The van der Waals surface area contributed by atoms with Gasteiger partial charge in [0.05, 0.1) is 5.70 Å². The quantitative estimate of drug-likeness (QED) is 0.424. The van der Waals surface area contributed by atoms with Gasteiger partial charge < -0.3 is 4.31 Å². The van der Waals surface area contributed by atoms with Gasteiger partial charge in [-0.05, 0) is 44.2 Å². The lowest BCUT2D eigenvalue weighted by molar-refractivity contribution is -0.112. The minimum atomic E-state index is -0.0534. The van der Waals surface area contributed by atoms with Crippen LogP contribution in [0.5, 0.6) is 0 Å². The average molecular weight is 183 g/mol. The van der Waals surface area contributed by atoms with Gasteiger partial charge in [-0.1, -0.05) is 6.58 Å². The van der Waals surface area contributed by atoms with Crippen molar-refractivity contribution < 1.29 is 4.79 Å². The normalized spacial score (nSPS) is 18.8. The first kappa shape index (κ1) is 9.39. The van der Waals surface area contributed by atoms with E-state index in [0.29, 0.717) is 5.70 Å². The molecule has 0 N–H and O–H groups in total. The van der Waals surface area contributed by atoms with Crippen molar-refractivity contribution in [2.75, 3.05) is 0 Å². The summed E-state index contributed by atoms with van der Waals surface area (Å²) in [4.78, 5) is 11.2. The summed E-state index contributed by atoms with van der Waals surface area (Å²) in [5, 5.41) is 1.79. The molecule has 0 aromatic heterocycles. The van der Waals surface area contributed by atoms with Gasteiger partial charge in [0.15, 0.2) is 0 Å². The van der Waals surface area contributed by atoms with Crippen LogP contribution < -0.4 is 0 Å². The number of hydrogen-bond donors (Lipinski definition) is 0. The van der Waals surface area contributed by atoms with Gasteiger partial charge in [-0.3, -0.25) is 4.79 Å². The predicted molar refractivity (Wildman–Crippen MR) is 52.5 cm³/mol. The number of nitrogens with zero attached hydrogens (tertiary/aromatic N) is 1. The highest BCUT2D eigenvalue weighted by Crippen LogP contribution is 2.31. The fourth-order valence-corrected chi connectivity index (χ4v) is 1.82. The topological polar surface area (TPSA) is 20.3 Å². The second kappa shape index (κ2) is 2.98. The Morgan fingerprint density at radius 3 is 2.50 bits per heavy atom. The van der Waals surface area contributed by atoms with Crippen molar-refractivity contribution in [3.8, 4) is 0 Å². The molecule has 0 aromatic rings. The molecule has 0 saturated carbocycles. The van der Waals surface area contributed by atoms with Crippen molar-refractivity contribution in [3.05, 3.63) is 23.8 Å². The van der Waals surface area contributed by atoms with E-state index in [9.17, 15) is 4.79 Å². The maximum Gasteiger partial charge on any atom is 0.202 e. The highest BCUT2D eigenvalue weighted by atomic mass is 32.2. The van der Waals surface area contributed by atoms with E-state index in [2.05, 4.69) is 27.4 Å². The summed E-state index contributed by atoms with van der Waals surface area (Å²) in [7, 11) is 0. The summed E-state index contributed by atoms with van der Waals surface area (Å²) >= 11 is 1.51. The largest absolute Gasteiger partial charge is 0.304 e. The number of carbonyl (C=O) groups excluding carboxylic acids is 1. The number of carbonyl (C=O) groups is 1. The zero-order valence-corrected chi connectivity index (χ0v) is 8.44. The van der Waals surface area contributed by atoms with Gasteiger partial charge in [0, 0.05) is 5.54 Å². The second-order valence-electron chi connectivity index (χ2n) is 3.68. The lowest BCUT2D eigenvalue weighted by Gasteiger charge is -2.37. The molecule has 1 rings (SSSR count). The molecule has 0 spiro atoms. The van der Waals surface area contributed by atoms with E-state index in [1.807, 2.05) is 4.31 Å². The summed E-state index contributed by atoms with van der Waals surface area (Å²) in [6.07, 6.45) is 1.55. The van der Waals surface area contributed by atoms with E-state index in [-0.39, 0.29) is 11.3 Å². The van der Waals surface area contributed by atoms with Crippen LogP contribution in [0.15, 0.2) is 23.8 Å². The Balaban J connectivity index is 2.89. The smallest absolute Gasteiger partial charge is 0.202 e. The predicted octanol–water partition coefficient (Wildman–Crippen LogP) is 2.35. The van der Waals surface area contributed by atoms with E-state index in [1.165, 1.54) is 11.9 Å². The first-order valence-electron chi connectivity index (χ1n) is 3.80. The van der Waals surface area contributed by atoms with Crippen molar-refractivity contribution in [1.29, 1.82) is 0 Å². The lowest BCUT2D eigenvalue weighted by Crippen LogP contribution is -2.37. The maximum absolute atomic E-state index is 11.2. The minimum Gasteiger partial charge on any atom is -0.304 e. The van der Waals surface area contributed by atoms with Crippen molar-refractivity contribution in [2.24, 2.45) is 0 Å². The van der Waals surface area contributed by atoms with Gasteiger partial charge in [-0.2, -0.15) is 0 Å². The minimum absolute atomic E-state index is 0.00340. The van der Waals surface area contributed by atoms with Crippen molar-refractivity contribution in [2.45, 2.75) is 26.3 Å². The zero-order valence-electron chi connectivity index (χ0n) is 7.63. The average Bonchev–Trinajstić information content (AvgIpc) is 1.92. The molecular weight excluding hydrogens is 170 g/mol. The highest BCUT2D eigenvalue weighted by molar-refractivity contribution is 8.00. The molecule has 66 valence electrons. The molecule has 1 heterocycles. The van der Waals surface area contributed by atoms with Crippen LogP contribution in [0.1, 0.15) is 20.8 Å². The first-order chi connectivity index (χ1) is 5.43. The highest BCUT2D eigenvalue weighted by Gasteiger charge is 2.27. The van der Waals surface area contributed by atoms with E-state index in [0.717, 1.165) is 0 Å². The molecule has 1 aliphatic heterocycles. The molecule has 0 aromatic carbocycles. The SMILES string of the molecule is C=C1C(=O)C=CSN1C(C)(C)C. The zero-order chi connectivity index (χ0) is 9.35. The Labute approximate surface area is 77.5 Å². The molecule has 1 aliphatic rings. The maximum atomic E-state index is 11.2. The molecule has 0 bridgehead atoms. The standard InChI is InChI=1S/C9H13NOS/c1-7-8(11)5-6-12-10(7)9(2,3)4/h5-6H,1H2,2-4H3. The fraction of sp³-hybridized carbons (Fsp3) is 0.444. The molecule has 0 fully saturated rings. The Kier molecular flexibility index (Phi) is 2.33. The van der Waals surface area contributed by atoms with Crippen LogP contribution in [-0.4, -0.2) is 15.6 Å². The fourth-order valence-electron chi connectivity index (χ4n) is 0.976. The summed E-state index contributed by atoms with van der Waals surface area (Å²) in [6.45, 7) is 9.91. The number of rotatable bonds is 0. The van der Waals surface area contributed by atoms with E-state index >= 15 is 0 Å². The molecule has 2 nitrogen and oxygen atoms in total. The third kappa shape index (κ3) is 1.72. The Morgan fingerprint density at radius 1 is 1.50 bits per heavy atom. The molecule has 0 saturated heterocycles. The van der Waals surface area contributed by atoms with Gasteiger partial charge in [0.2, 0.25) is 5.78 Å². The summed E-state index contributed by atoms with van der Waals surface area (Å²) in [5.41, 5.74) is 0.511. The van der Waals surface area contributed by atoms with Gasteiger partial charge in [-0.15, -0.1) is 0 Å². The lowest BCUT2D eigenvalue weighted by atomic mass is 10.1. The summed E-state index contributed by atoms with van der Waals surface area (Å²) < 4.78 is 1.93. The molecule has 12 heavy (non-hydrogen) atoms. The van der Waals surface area contributed by atoms with Crippen LogP contribution in [0.3, 0.4) is 0 Å². The molecule has 0 unspecified atom stereocenters. The van der Waals surface area contributed by atoms with Crippen molar-refractivity contribution >= 4 is 17.7 Å². The van der Waals surface area contributed by atoms with E-state index in [1.54, 1.807) is 11.5 Å². The molecule has 0 amide bonds. The Morgan fingerprint density at radius 2 is 2.08 bits per heavy atom. The molecule has 0 radical (unpaired) electrons. The molecular formula is C9H13NOS. The van der Waals surface area contributed by atoms with Crippen LogP contribution in [0.2, 0.25) is 0 Å². The Bertz CT molecular complexity index is 250. The van der Waals surface area contributed by atoms with Crippen LogP contribution in [0.25, 0.3) is 0 Å². The van der Waals surface area contributed by atoms with Crippen LogP contribution >= 0.6 is 11.9 Å². The van der Waals surface area contributed by atoms with E-state index < -0.39 is 0 Å².